The molecule has 29 heavy (non-hydrogen) atoms. The average molecular weight is 406 g/mol. The minimum absolute atomic E-state index is 0.209. The van der Waals surface area contributed by atoms with Crippen LogP contribution in [0.25, 0.3) is 0 Å². The maximum atomic E-state index is 13.1. The fourth-order valence-corrected chi connectivity index (χ4v) is 5.36. The Morgan fingerprint density at radius 1 is 1.17 bits per heavy atom. The van der Waals surface area contributed by atoms with Crippen LogP contribution in [-0.2, 0) is 15.1 Å². The Bertz CT molecular complexity index is 680. The first-order valence-electron chi connectivity index (χ1n) is 11.3. The number of hydrogen-bond donors (Lipinski definition) is 0. The van der Waals surface area contributed by atoms with E-state index in [9.17, 15) is 4.79 Å². The lowest BCUT2D eigenvalue weighted by atomic mass is 9.94. The Balaban J connectivity index is 1.55. The van der Waals surface area contributed by atoms with E-state index in [1.54, 1.807) is 0 Å². The van der Waals surface area contributed by atoms with Gasteiger partial charge in [0.1, 0.15) is 5.54 Å². The summed E-state index contributed by atoms with van der Waals surface area (Å²) in [4.78, 5) is 19.8. The first-order chi connectivity index (χ1) is 14.2. The molecule has 1 aliphatic carbocycles. The summed E-state index contributed by atoms with van der Waals surface area (Å²) >= 11 is 0. The Hall–Kier alpha value is -1.58. The number of carbonyl (C=O) groups is 1. The van der Waals surface area contributed by atoms with Gasteiger partial charge >= 0.3 is 0 Å². The number of ether oxygens (including phenoxy) is 1. The van der Waals surface area contributed by atoms with Crippen LogP contribution in [0.2, 0.25) is 0 Å². The van der Waals surface area contributed by atoms with Crippen molar-refractivity contribution in [2.75, 3.05) is 59.0 Å². The zero-order valence-electron chi connectivity index (χ0n) is 17.9. The van der Waals surface area contributed by atoms with Gasteiger partial charge in [-0.05, 0) is 42.8 Å². The van der Waals surface area contributed by atoms with Gasteiger partial charge in [-0.15, -0.1) is 5.10 Å². The van der Waals surface area contributed by atoms with Crippen LogP contribution in [0.3, 0.4) is 0 Å². The minimum Gasteiger partial charge on any atom is -0.379 e. The molecule has 0 aromatic carbocycles. The summed E-state index contributed by atoms with van der Waals surface area (Å²) in [5, 5.41) is 13.0. The molecule has 1 aromatic heterocycles. The van der Waals surface area contributed by atoms with Gasteiger partial charge in [-0.1, -0.05) is 26.7 Å². The summed E-state index contributed by atoms with van der Waals surface area (Å²) in [6, 6.07) is 0.394. The molecule has 3 aliphatic rings. The highest BCUT2D eigenvalue weighted by Gasteiger charge is 2.49. The van der Waals surface area contributed by atoms with E-state index in [1.807, 2.05) is 4.90 Å². The van der Waals surface area contributed by atoms with Crippen molar-refractivity contribution in [3.05, 3.63) is 5.82 Å². The molecule has 0 radical (unpaired) electrons. The lowest BCUT2D eigenvalue weighted by molar-refractivity contribution is -0.133. The van der Waals surface area contributed by atoms with Crippen LogP contribution in [0, 0.1) is 0 Å². The van der Waals surface area contributed by atoms with Gasteiger partial charge in [0.05, 0.1) is 25.8 Å². The van der Waals surface area contributed by atoms with Gasteiger partial charge in [-0.2, -0.15) is 0 Å². The number of rotatable bonds is 7. The van der Waals surface area contributed by atoms with Gasteiger partial charge in [0.15, 0.2) is 5.82 Å². The number of aromatic nitrogens is 4. The molecule has 0 bridgehead atoms. The summed E-state index contributed by atoms with van der Waals surface area (Å²) in [5.74, 6) is 1.16. The molecule has 9 heteroatoms. The molecule has 1 atom stereocenters. The van der Waals surface area contributed by atoms with Gasteiger partial charge < -0.3 is 9.64 Å². The van der Waals surface area contributed by atoms with Crippen molar-refractivity contribution in [2.45, 2.75) is 57.5 Å². The molecular weight excluding hydrogens is 370 g/mol. The number of tetrazole rings is 1. The van der Waals surface area contributed by atoms with E-state index < -0.39 is 0 Å². The third-order valence-electron chi connectivity index (χ3n) is 7.01. The van der Waals surface area contributed by atoms with Crippen molar-refractivity contribution in [2.24, 2.45) is 0 Å². The maximum absolute atomic E-state index is 13.1. The van der Waals surface area contributed by atoms with Crippen LogP contribution in [0.4, 0.5) is 0 Å². The molecule has 3 heterocycles. The Kier molecular flexibility index (Phi) is 6.46. The lowest BCUT2D eigenvalue weighted by Crippen LogP contribution is -2.51. The van der Waals surface area contributed by atoms with Crippen LogP contribution in [0.15, 0.2) is 0 Å². The van der Waals surface area contributed by atoms with Crippen molar-refractivity contribution in [1.82, 2.24) is 34.9 Å². The summed E-state index contributed by atoms with van der Waals surface area (Å²) in [5.41, 5.74) is -0.295. The standard InChI is InChI=1S/C20H35N7O2/c1-3-26(4-2)20(19-21-22-23-27(19)17-7-5-6-8-17)9-10-25(16-20)18(28)15-24-11-13-29-14-12-24/h17H,3-16H2,1-2H3. The SMILES string of the molecule is CCN(CC)C1(c2nnnn2C2CCCC2)CCN(C(=O)CN2CCOCC2)C1. The number of nitrogens with zero attached hydrogens (tertiary/aromatic N) is 7. The van der Waals surface area contributed by atoms with Crippen LogP contribution >= 0.6 is 0 Å². The predicted molar refractivity (Wildman–Crippen MR) is 108 cm³/mol. The van der Waals surface area contributed by atoms with E-state index in [1.165, 1.54) is 12.8 Å². The largest absolute Gasteiger partial charge is 0.379 e. The van der Waals surface area contributed by atoms with Crippen LogP contribution in [0.1, 0.15) is 57.8 Å². The molecule has 1 aromatic rings. The molecule has 9 nitrogen and oxygen atoms in total. The zero-order chi connectivity index (χ0) is 20.3. The highest BCUT2D eigenvalue weighted by atomic mass is 16.5. The van der Waals surface area contributed by atoms with Crippen LogP contribution in [0.5, 0.6) is 0 Å². The molecule has 2 aliphatic heterocycles. The topological polar surface area (TPSA) is 79.6 Å². The molecule has 3 fully saturated rings. The fourth-order valence-electron chi connectivity index (χ4n) is 5.36. The minimum atomic E-state index is -0.295. The molecule has 1 unspecified atom stereocenters. The maximum Gasteiger partial charge on any atom is 0.236 e. The second kappa shape index (κ2) is 9.06. The van der Waals surface area contributed by atoms with Gasteiger partial charge in [-0.3, -0.25) is 14.6 Å². The number of hydrogen-bond acceptors (Lipinski definition) is 7. The predicted octanol–water partition coefficient (Wildman–Crippen LogP) is 0.890. The van der Waals surface area contributed by atoms with Crippen molar-refractivity contribution in [1.29, 1.82) is 0 Å². The molecule has 0 N–H and O–H groups in total. The smallest absolute Gasteiger partial charge is 0.236 e. The third-order valence-corrected chi connectivity index (χ3v) is 7.01. The van der Waals surface area contributed by atoms with E-state index in [-0.39, 0.29) is 11.4 Å². The normalized spacial score (nSPS) is 26.7. The quantitative estimate of drug-likeness (QED) is 0.666. The molecule has 1 saturated carbocycles. The number of morpholine rings is 1. The average Bonchev–Trinajstić information content (AvgIpc) is 3.49. The van der Waals surface area contributed by atoms with Crippen LogP contribution in [-0.4, -0.2) is 99.8 Å². The molecule has 4 rings (SSSR count). The van der Waals surface area contributed by atoms with Gasteiger partial charge in [0, 0.05) is 26.2 Å². The molecular formula is C20H35N7O2. The number of likely N-dealkylation sites (N-methyl/N-ethyl adjacent to an activating group) is 1. The lowest BCUT2D eigenvalue weighted by Gasteiger charge is -2.39. The first-order valence-corrected chi connectivity index (χ1v) is 11.3. The molecule has 1 amide bonds. The molecule has 162 valence electrons. The van der Waals surface area contributed by atoms with E-state index in [2.05, 4.69) is 43.9 Å². The van der Waals surface area contributed by atoms with Gasteiger partial charge in [0.25, 0.3) is 0 Å². The van der Waals surface area contributed by atoms with Crippen molar-refractivity contribution in [3.8, 4) is 0 Å². The fraction of sp³-hybridized carbons (Fsp3) is 0.900. The van der Waals surface area contributed by atoms with Gasteiger partial charge in [0.2, 0.25) is 5.91 Å². The van der Waals surface area contributed by atoms with Crippen molar-refractivity contribution < 1.29 is 9.53 Å². The first kappa shape index (κ1) is 20.7. The Labute approximate surface area is 173 Å². The second-order valence-electron chi connectivity index (χ2n) is 8.54. The van der Waals surface area contributed by atoms with E-state index in [0.29, 0.717) is 32.3 Å². The molecule has 2 saturated heterocycles. The monoisotopic (exact) mass is 405 g/mol. The number of amides is 1. The second-order valence-corrected chi connectivity index (χ2v) is 8.54. The summed E-state index contributed by atoms with van der Waals surface area (Å²) in [6.45, 7) is 11.2. The highest BCUT2D eigenvalue weighted by molar-refractivity contribution is 5.78. The summed E-state index contributed by atoms with van der Waals surface area (Å²) in [7, 11) is 0. The third kappa shape index (κ3) is 4.04. The van der Waals surface area contributed by atoms with E-state index in [0.717, 1.165) is 57.8 Å². The highest BCUT2D eigenvalue weighted by Crippen LogP contribution is 2.39. The van der Waals surface area contributed by atoms with Crippen LogP contribution < -0.4 is 0 Å². The Morgan fingerprint density at radius 3 is 2.59 bits per heavy atom. The Morgan fingerprint density at radius 2 is 1.90 bits per heavy atom. The van der Waals surface area contributed by atoms with Gasteiger partial charge in [-0.25, -0.2) is 4.68 Å². The van der Waals surface area contributed by atoms with E-state index >= 15 is 0 Å². The van der Waals surface area contributed by atoms with E-state index in [4.69, 9.17) is 4.74 Å². The number of likely N-dealkylation sites (tertiary alicyclic amines) is 1. The zero-order valence-corrected chi connectivity index (χ0v) is 17.9. The summed E-state index contributed by atoms with van der Waals surface area (Å²) < 4.78 is 7.50. The van der Waals surface area contributed by atoms with Crippen molar-refractivity contribution >= 4 is 5.91 Å². The van der Waals surface area contributed by atoms with Crippen molar-refractivity contribution in [3.63, 3.8) is 0 Å². The summed E-state index contributed by atoms with van der Waals surface area (Å²) in [6.07, 6.45) is 5.66. The number of carbonyl (C=O) groups excluding carboxylic acids is 1. The molecule has 0 spiro atoms.